The van der Waals surface area contributed by atoms with Gasteiger partial charge < -0.3 is 11.1 Å². The van der Waals surface area contributed by atoms with E-state index in [9.17, 15) is 9.59 Å². The average molecular weight is 360 g/mol. The summed E-state index contributed by atoms with van der Waals surface area (Å²) in [4.78, 5) is 22.8. The summed E-state index contributed by atoms with van der Waals surface area (Å²) in [5, 5.41) is 6.04. The Kier molecular flexibility index (Phi) is 6.06. The third kappa shape index (κ3) is 5.19. The molecule has 0 saturated carbocycles. The van der Waals surface area contributed by atoms with Crippen molar-refractivity contribution in [1.29, 1.82) is 0 Å². The highest BCUT2D eigenvalue weighted by Gasteiger charge is 2.04. The molecule has 2 aromatic rings. The van der Waals surface area contributed by atoms with Gasteiger partial charge in [0.25, 0.3) is 0 Å². The lowest BCUT2D eigenvalue weighted by molar-refractivity contribution is -0.115. The number of nitrogens with two attached hydrogens (primary N) is 1. The summed E-state index contributed by atoms with van der Waals surface area (Å²) in [6, 6.07) is 13.6. The Labute approximate surface area is 149 Å². The van der Waals surface area contributed by atoms with Crippen LogP contribution in [0.4, 0.5) is 5.69 Å². The van der Waals surface area contributed by atoms with Crippen molar-refractivity contribution in [2.45, 2.75) is 0 Å². The van der Waals surface area contributed by atoms with Crippen molar-refractivity contribution in [2.75, 3.05) is 5.32 Å². The lowest BCUT2D eigenvalue weighted by Gasteiger charge is -2.08. The Morgan fingerprint density at radius 2 is 1.75 bits per heavy atom. The Hall–Kier alpha value is -2.70. The Balaban J connectivity index is 1.91. The molecule has 0 spiro atoms. The van der Waals surface area contributed by atoms with Crippen LogP contribution in [0, 0.1) is 0 Å². The van der Waals surface area contributed by atoms with Gasteiger partial charge in [0.2, 0.25) is 11.8 Å². The summed E-state index contributed by atoms with van der Waals surface area (Å²) in [6.45, 7) is 0. The molecule has 5 nitrogen and oxygen atoms in total. The molecule has 0 aliphatic rings. The van der Waals surface area contributed by atoms with Crippen molar-refractivity contribution in [3.63, 3.8) is 0 Å². The third-order valence-corrected chi connectivity index (χ3v) is 3.53. The first-order valence-electron chi connectivity index (χ1n) is 6.90. The summed E-state index contributed by atoms with van der Waals surface area (Å²) < 4.78 is 0. The molecule has 0 unspecified atom stereocenters. The molecule has 4 N–H and O–H groups in total. The van der Waals surface area contributed by atoms with E-state index in [0.29, 0.717) is 16.3 Å². The van der Waals surface area contributed by atoms with Crippen LogP contribution in [0.3, 0.4) is 0 Å². The van der Waals surface area contributed by atoms with E-state index in [1.807, 2.05) is 12.1 Å². The summed E-state index contributed by atoms with van der Waals surface area (Å²) >= 11 is 11.1. The molecule has 2 rings (SSSR count). The van der Waals surface area contributed by atoms with Gasteiger partial charge in [-0.15, -0.1) is 0 Å². The van der Waals surface area contributed by atoms with Gasteiger partial charge in [0, 0.05) is 22.3 Å². The SMILES string of the molecule is NC(=O)c1ccc(NC(=S)NC(=O)/C=C/c2ccccc2Cl)cc1. The Morgan fingerprint density at radius 3 is 2.38 bits per heavy atom. The maximum atomic E-state index is 11.8. The molecule has 0 aromatic heterocycles. The zero-order valence-corrected chi connectivity index (χ0v) is 14.0. The summed E-state index contributed by atoms with van der Waals surface area (Å²) in [7, 11) is 0. The first-order chi connectivity index (χ1) is 11.5. The quantitative estimate of drug-likeness (QED) is 0.579. The van der Waals surface area contributed by atoms with E-state index in [4.69, 9.17) is 29.6 Å². The number of carbonyl (C=O) groups excluding carboxylic acids is 2. The van der Waals surface area contributed by atoms with Crippen LogP contribution in [0.5, 0.6) is 0 Å². The predicted molar refractivity (Wildman–Crippen MR) is 99.8 cm³/mol. The predicted octanol–water partition coefficient (Wildman–Crippen LogP) is 2.97. The van der Waals surface area contributed by atoms with Crippen LogP contribution in [0.2, 0.25) is 5.02 Å². The number of carbonyl (C=O) groups is 2. The highest BCUT2D eigenvalue weighted by Crippen LogP contribution is 2.16. The standard InChI is InChI=1S/C17H14ClN3O2S/c18-14-4-2-1-3-11(14)7-10-15(22)21-17(24)20-13-8-5-12(6-9-13)16(19)23/h1-10H,(H2,19,23)(H2,20,21,22,24)/b10-7+. The van der Waals surface area contributed by atoms with Gasteiger partial charge >= 0.3 is 0 Å². The summed E-state index contributed by atoms with van der Waals surface area (Å²) in [6.07, 6.45) is 2.94. The fraction of sp³-hybridized carbons (Fsp3) is 0. The number of nitrogens with one attached hydrogen (secondary N) is 2. The van der Waals surface area contributed by atoms with Gasteiger partial charge in [0.1, 0.15) is 0 Å². The molecule has 2 amide bonds. The van der Waals surface area contributed by atoms with Gasteiger partial charge in [-0.2, -0.15) is 0 Å². The number of benzene rings is 2. The van der Waals surface area contributed by atoms with Crippen molar-refractivity contribution in [2.24, 2.45) is 5.73 Å². The zero-order valence-electron chi connectivity index (χ0n) is 12.5. The average Bonchev–Trinajstić information content (AvgIpc) is 2.54. The number of amides is 2. The van der Waals surface area contributed by atoms with E-state index in [2.05, 4.69) is 10.6 Å². The molecule has 0 bridgehead atoms. The van der Waals surface area contributed by atoms with Gasteiger partial charge in [-0.3, -0.25) is 14.9 Å². The topological polar surface area (TPSA) is 84.2 Å². The molecule has 2 aromatic carbocycles. The molecule has 0 saturated heterocycles. The molecule has 0 fully saturated rings. The number of hydrogen-bond donors (Lipinski definition) is 3. The van der Waals surface area contributed by atoms with Crippen molar-refractivity contribution in [1.82, 2.24) is 5.32 Å². The molecule has 0 atom stereocenters. The van der Waals surface area contributed by atoms with Crippen LogP contribution in [0.1, 0.15) is 15.9 Å². The number of halogens is 1. The monoisotopic (exact) mass is 359 g/mol. The van der Waals surface area contributed by atoms with Gasteiger partial charge in [0.15, 0.2) is 5.11 Å². The van der Waals surface area contributed by atoms with E-state index in [0.717, 1.165) is 5.56 Å². The first kappa shape index (κ1) is 17.7. The molecule has 122 valence electrons. The van der Waals surface area contributed by atoms with Crippen LogP contribution in [0.15, 0.2) is 54.6 Å². The second kappa shape index (κ2) is 8.24. The van der Waals surface area contributed by atoms with E-state index in [1.54, 1.807) is 42.5 Å². The first-order valence-corrected chi connectivity index (χ1v) is 7.69. The van der Waals surface area contributed by atoms with Crippen LogP contribution >= 0.6 is 23.8 Å². The molecular formula is C17H14ClN3O2S. The lowest BCUT2D eigenvalue weighted by Crippen LogP contribution is -2.32. The van der Waals surface area contributed by atoms with Gasteiger partial charge in [-0.1, -0.05) is 29.8 Å². The van der Waals surface area contributed by atoms with Crippen molar-refractivity contribution >= 4 is 52.5 Å². The highest BCUT2D eigenvalue weighted by molar-refractivity contribution is 7.80. The van der Waals surface area contributed by atoms with E-state index >= 15 is 0 Å². The second-order valence-corrected chi connectivity index (χ2v) is 5.56. The Bertz CT molecular complexity index is 804. The lowest BCUT2D eigenvalue weighted by atomic mass is 10.2. The largest absolute Gasteiger partial charge is 0.366 e. The molecule has 7 heteroatoms. The fourth-order valence-electron chi connectivity index (χ4n) is 1.81. The van der Waals surface area contributed by atoms with Crippen LogP contribution < -0.4 is 16.4 Å². The number of hydrogen-bond acceptors (Lipinski definition) is 3. The van der Waals surface area contributed by atoms with Crippen LogP contribution in [-0.4, -0.2) is 16.9 Å². The van der Waals surface area contributed by atoms with Crippen LogP contribution in [0.25, 0.3) is 6.08 Å². The number of anilines is 1. The maximum absolute atomic E-state index is 11.8. The van der Waals surface area contributed by atoms with E-state index in [-0.39, 0.29) is 11.0 Å². The van der Waals surface area contributed by atoms with Crippen molar-refractivity contribution in [3.05, 3.63) is 70.8 Å². The Morgan fingerprint density at radius 1 is 1.08 bits per heavy atom. The highest BCUT2D eigenvalue weighted by atomic mass is 35.5. The third-order valence-electron chi connectivity index (χ3n) is 2.98. The molecule has 0 aliphatic carbocycles. The minimum absolute atomic E-state index is 0.135. The molecule has 0 heterocycles. The van der Waals surface area contributed by atoms with Crippen molar-refractivity contribution < 1.29 is 9.59 Å². The summed E-state index contributed by atoms with van der Waals surface area (Å²) in [5.41, 5.74) is 6.91. The van der Waals surface area contributed by atoms with Crippen LogP contribution in [-0.2, 0) is 4.79 Å². The minimum atomic E-state index is -0.512. The van der Waals surface area contributed by atoms with Gasteiger partial charge in [-0.05, 0) is 54.2 Å². The number of primary amides is 1. The molecular weight excluding hydrogens is 346 g/mol. The normalized spacial score (nSPS) is 10.4. The van der Waals surface area contributed by atoms with E-state index in [1.165, 1.54) is 6.08 Å². The fourth-order valence-corrected chi connectivity index (χ4v) is 2.23. The maximum Gasteiger partial charge on any atom is 0.250 e. The second-order valence-electron chi connectivity index (χ2n) is 4.74. The van der Waals surface area contributed by atoms with Crippen molar-refractivity contribution in [3.8, 4) is 0 Å². The number of rotatable bonds is 4. The van der Waals surface area contributed by atoms with Gasteiger partial charge in [-0.25, -0.2) is 0 Å². The van der Waals surface area contributed by atoms with E-state index < -0.39 is 5.91 Å². The number of thiocarbonyl (C=S) groups is 1. The molecule has 0 radical (unpaired) electrons. The zero-order chi connectivity index (χ0) is 17.5. The molecule has 0 aliphatic heterocycles. The minimum Gasteiger partial charge on any atom is -0.366 e. The molecule has 24 heavy (non-hydrogen) atoms. The van der Waals surface area contributed by atoms with Gasteiger partial charge in [0.05, 0.1) is 0 Å². The smallest absolute Gasteiger partial charge is 0.250 e. The summed E-state index contributed by atoms with van der Waals surface area (Å²) in [5.74, 6) is -0.900.